The number of anilines is 2. The Bertz CT molecular complexity index is 1120. The molecule has 0 radical (unpaired) electrons. The molecule has 0 aromatic heterocycles. The van der Waals surface area contributed by atoms with Crippen LogP contribution >= 0.6 is 12.0 Å². The Morgan fingerprint density at radius 2 is 1.79 bits per heavy atom. The number of rotatable bonds is 7. The van der Waals surface area contributed by atoms with Crippen molar-refractivity contribution in [2.45, 2.75) is 24.1 Å². The molecule has 29 heavy (non-hydrogen) atoms. The molecule has 0 amide bonds. The van der Waals surface area contributed by atoms with Gasteiger partial charge in [-0.1, -0.05) is 24.6 Å². The third kappa shape index (κ3) is 5.18. The average molecular weight is 440 g/mol. The molecule has 0 heterocycles. The van der Waals surface area contributed by atoms with Crippen LogP contribution in [0.15, 0.2) is 58.3 Å². The van der Waals surface area contributed by atoms with Gasteiger partial charge in [0.25, 0.3) is 10.1 Å². The molecule has 0 saturated heterocycles. The van der Waals surface area contributed by atoms with Gasteiger partial charge in [0.05, 0.1) is 24.0 Å². The molecule has 8 nitrogen and oxygen atoms in total. The molecule has 0 aliphatic heterocycles. The smallest absolute Gasteiger partial charge is 0.294 e. The molecule has 3 aromatic carbocycles. The second-order valence-corrected chi connectivity index (χ2v) is 7.99. The van der Waals surface area contributed by atoms with Crippen molar-refractivity contribution in [3.63, 3.8) is 0 Å². The van der Waals surface area contributed by atoms with Gasteiger partial charge in [-0.3, -0.25) is 4.55 Å². The van der Waals surface area contributed by atoms with Crippen molar-refractivity contribution < 1.29 is 32.3 Å². The van der Waals surface area contributed by atoms with Crippen LogP contribution < -0.4 is 10.1 Å². The fraction of sp³-hybridized carbons (Fsp3) is 0.158. The molecule has 0 fully saturated rings. The Labute approximate surface area is 173 Å². The number of benzene rings is 3. The Morgan fingerprint density at radius 1 is 1.07 bits per heavy atom. The van der Waals surface area contributed by atoms with Crippen LogP contribution in [0.2, 0.25) is 0 Å². The Kier molecular flexibility index (Phi) is 7.47. The molecule has 3 aromatic rings. The number of methoxy groups -OCH3 is 1. The predicted octanol–water partition coefficient (Wildman–Crippen LogP) is 5.21. The molecular formula is C19H21NO7S2. The second-order valence-electron chi connectivity index (χ2n) is 5.82. The van der Waals surface area contributed by atoms with E-state index >= 15 is 0 Å². The maximum Gasteiger partial charge on any atom is 0.294 e. The van der Waals surface area contributed by atoms with Crippen LogP contribution in [0, 0.1) is 6.92 Å². The molecule has 0 spiro atoms. The van der Waals surface area contributed by atoms with Crippen LogP contribution in [0.25, 0.3) is 10.8 Å². The molecule has 0 saturated carbocycles. The number of fused-ring (bicyclic) bond motifs is 1. The standard InChI is InChI=1S/C18H17NO7S2.CH4/c1-11-17(27-26-25-20)8-12-6-7-14(10-16(12)18(11)24-2)19-13-4-3-5-15(9-13)28(21,22)23;/h3-10,19-20H,1-2H3,(H,21,22,23);1H4. The van der Waals surface area contributed by atoms with Gasteiger partial charge in [0.15, 0.2) is 0 Å². The van der Waals surface area contributed by atoms with Gasteiger partial charge in [-0.05, 0) is 48.7 Å². The van der Waals surface area contributed by atoms with E-state index in [-0.39, 0.29) is 12.3 Å². The van der Waals surface area contributed by atoms with Gasteiger partial charge in [0.1, 0.15) is 5.75 Å². The summed E-state index contributed by atoms with van der Waals surface area (Å²) in [6, 6.07) is 13.3. The number of ether oxygens (including phenoxy) is 1. The minimum atomic E-state index is -4.28. The van der Waals surface area contributed by atoms with Crippen LogP contribution in [0.3, 0.4) is 0 Å². The van der Waals surface area contributed by atoms with Crippen LogP contribution in [0.1, 0.15) is 13.0 Å². The van der Waals surface area contributed by atoms with Gasteiger partial charge in [-0.15, -0.1) is 4.33 Å². The SMILES string of the molecule is C.COc1c(C)c(SOOO)cc2ccc(Nc3cccc(S(=O)(=O)O)c3)cc12. The molecule has 3 N–H and O–H groups in total. The third-order valence-electron chi connectivity index (χ3n) is 4.07. The molecule has 10 heteroatoms. The number of nitrogens with one attached hydrogen (secondary N) is 1. The fourth-order valence-corrected chi connectivity index (χ4v) is 3.85. The lowest BCUT2D eigenvalue weighted by Gasteiger charge is -2.14. The number of hydrogen-bond acceptors (Lipinski definition) is 8. The van der Waals surface area contributed by atoms with E-state index in [2.05, 4.69) is 14.7 Å². The monoisotopic (exact) mass is 439 g/mol. The van der Waals surface area contributed by atoms with Crippen molar-refractivity contribution in [2.75, 3.05) is 12.4 Å². The lowest BCUT2D eigenvalue weighted by atomic mass is 10.0. The van der Waals surface area contributed by atoms with Crippen molar-refractivity contribution >= 4 is 44.3 Å². The summed E-state index contributed by atoms with van der Waals surface area (Å²) in [5.41, 5.74) is 2.00. The summed E-state index contributed by atoms with van der Waals surface area (Å²) in [5, 5.41) is 16.8. The summed E-state index contributed by atoms with van der Waals surface area (Å²) < 4.78 is 41.9. The van der Waals surface area contributed by atoms with E-state index < -0.39 is 10.1 Å². The third-order valence-corrected chi connectivity index (χ3v) is 5.66. The van der Waals surface area contributed by atoms with Gasteiger partial charge in [0.2, 0.25) is 0 Å². The predicted molar refractivity (Wildman–Crippen MR) is 112 cm³/mol. The molecule has 0 atom stereocenters. The van der Waals surface area contributed by atoms with Crippen molar-refractivity contribution in [3.05, 3.63) is 54.1 Å². The molecule has 0 aliphatic carbocycles. The van der Waals surface area contributed by atoms with E-state index in [0.29, 0.717) is 22.0 Å². The minimum Gasteiger partial charge on any atom is -0.496 e. The first-order valence-electron chi connectivity index (χ1n) is 7.94. The summed E-state index contributed by atoms with van der Waals surface area (Å²) in [6.07, 6.45) is 0. The van der Waals surface area contributed by atoms with Crippen molar-refractivity contribution in [3.8, 4) is 5.75 Å². The summed E-state index contributed by atoms with van der Waals surface area (Å²) in [6.45, 7) is 1.84. The van der Waals surface area contributed by atoms with E-state index in [4.69, 9.17) is 9.99 Å². The molecule has 0 aliphatic rings. The van der Waals surface area contributed by atoms with E-state index in [1.165, 1.54) is 18.2 Å². The van der Waals surface area contributed by atoms with Crippen molar-refractivity contribution in [1.29, 1.82) is 0 Å². The summed E-state index contributed by atoms with van der Waals surface area (Å²) in [4.78, 5) is 0.513. The zero-order chi connectivity index (χ0) is 20.3. The molecule has 0 unspecified atom stereocenters. The fourth-order valence-electron chi connectivity index (χ4n) is 2.82. The van der Waals surface area contributed by atoms with E-state index in [9.17, 15) is 13.0 Å². The highest BCUT2D eigenvalue weighted by Gasteiger charge is 2.14. The first kappa shape index (κ1) is 22.9. The van der Waals surface area contributed by atoms with E-state index in [1.54, 1.807) is 13.2 Å². The summed E-state index contributed by atoms with van der Waals surface area (Å²) in [5.74, 6) is 0.622. The van der Waals surface area contributed by atoms with Gasteiger partial charge in [0, 0.05) is 27.2 Å². The largest absolute Gasteiger partial charge is 0.496 e. The van der Waals surface area contributed by atoms with Gasteiger partial charge in [-0.25, -0.2) is 5.26 Å². The maximum atomic E-state index is 11.3. The van der Waals surface area contributed by atoms with Crippen molar-refractivity contribution in [2.24, 2.45) is 0 Å². The summed E-state index contributed by atoms with van der Waals surface area (Å²) >= 11 is 0.854. The second kappa shape index (κ2) is 9.44. The Morgan fingerprint density at radius 3 is 2.45 bits per heavy atom. The highest BCUT2D eigenvalue weighted by Crippen LogP contribution is 2.38. The quantitative estimate of drug-likeness (QED) is 0.197. The lowest BCUT2D eigenvalue weighted by Crippen LogP contribution is -1.99. The Hall–Kier alpha value is -2.34. The molecular weight excluding hydrogens is 418 g/mol. The van der Waals surface area contributed by atoms with Crippen LogP contribution in [-0.2, 0) is 19.5 Å². The zero-order valence-electron chi connectivity index (χ0n) is 14.9. The van der Waals surface area contributed by atoms with Crippen LogP contribution in [0.5, 0.6) is 5.75 Å². The molecule has 156 valence electrons. The summed E-state index contributed by atoms with van der Waals surface area (Å²) in [7, 11) is -2.73. The average Bonchev–Trinajstić information content (AvgIpc) is 2.66. The van der Waals surface area contributed by atoms with Gasteiger partial charge in [-0.2, -0.15) is 8.42 Å². The number of hydrogen-bond donors (Lipinski definition) is 3. The topological polar surface area (TPSA) is 114 Å². The Balaban J connectivity index is 0.00000300. The maximum absolute atomic E-state index is 11.3. The van der Waals surface area contributed by atoms with Crippen molar-refractivity contribution in [1.82, 2.24) is 0 Å². The van der Waals surface area contributed by atoms with Crippen LogP contribution in [-0.4, -0.2) is 25.3 Å². The first-order valence-corrected chi connectivity index (χ1v) is 10.1. The van der Waals surface area contributed by atoms with Crippen LogP contribution in [0.4, 0.5) is 11.4 Å². The highest BCUT2D eigenvalue weighted by molar-refractivity contribution is 7.94. The van der Waals surface area contributed by atoms with Gasteiger partial charge >= 0.3 is 0 Å². The van der Waals surface area contributed by atoms with E-state index in [0.717, 1.165) is 28.4 Å². The minimum absolute atomic E-state index is 0. The molecule has 3 rings (SSSR count). The first-order chi connectivity index (χ1) is 13.3. The van der Waals surface area contributed by atoms with Gasteiger partial charge < -0.3 is 10.1 Å². The highest BCUT2D eigenvalue weighted by atomic mass is 32.2. The molecule has 0 bridgehead atoms. The zero-order valence-corrected chi connectivity index (χ0v) is 16.5. The normalized spacial score (nSPS) is 11.2. The van der Waals surface area contributed by atoms with E-state index in [1.807, 2.05) is 31.2 Å². The lowest BCUT2D eigenvalue weighted by molar-refractivity contribution is -0.432.